The molecule has 0 heterocycles. The fraction of sp³-hybridized carbons (Fsp3) is 0.167. The van der Waals surface area contributed by atoms with Crippen LogP contribution in [0.3, 0.4) is 0 Å². The van der Waals surface area contributed by atoms with Gasteiger partial charge in [0.2, 0.25) is 5.91 Å². The summed E-state index contributed by atoms with van der Waals surface area (Å²) in [4.78, 5) is 25.7. The highest BCUT2D eigenvalue weighted by molar-refractivity contribution is 8.00. The summed E-state index contributed by atoms with van der Waals surface area (Å²) >= 11 is 1.41. The van der Waals surface area contributed by atoms with Crippen LogP contribution in [0.25, 0.3) is 0 Å². The van der Waals surface area contributed by atoms with Gasteiger partial charge in [0.25, 0.3) is 0 Å². The van der Waals surface area contributed by atoms with Crippen molar-refractivity contribution >= 4 is 40.8 Å². The zero-order valence-electron chi connectivity index (χ0n) is 18.0. The Bertz CT molecular complexity index is 1060. The van der Waals surface area contributed by atoms with Gasteiger partial charge in [-0.1, -0.05) is 18.2 Å². The Morgan fingerprint density at radius 2 is 1.47 bits per heavy atom. The third-order valence-electron chi connectivity index (χ3n) is 4.49. The number of carbonyl (C=O) groups is 2. The lowest BCUT2D eigenvalue weighted by Gasteiger charge is -2.15. The Hall–Kier alpha value is -3.65. The van der Waals surface area contributed by atoms with E-state index in [-0.39, 0.29) is 17.2 Å². The van der Waals surface area contributed by atoms with Gasteiger partial charge < -0.3 is 25.4 Å². The van der Waals surface area contributed by atoms with Gasteiger partial charge >= 0.3 is 6.03 Å². The van der Waals surface area contributed by atoms with Crippen LogP contribution in [0, 0.1) is 0 Å². The van der Waals surface area contributed by atoms with Crippen LogP contribution in [0.5, 0.6) is 11.5 Å². The number of urea groups is 1. The number of amides is 3. The number of carbonyl (C=O) groups excluding carboxylic acids is 2. The Morgan fingerprint density at radius 1 is 0.812 bits per heavy atom. The average Bonchev–Trinajstić information content (AvgIpc) is 2.80. The molecule has 32 heavy (non-hydrogen) atoms. The number of hydrogen-bond donors (Lipinski definition) is 3. The molecular formula is C24H25N3O4S. The number of rotatable bonds is 8. The van der Waals surface area contributed by atoms with E-state index in [2.05, 4.69) is 16.0 Å². The molecule has 1 atom stereocenters. The minimum absolute atomic E-state index is 0.161. The molecule has 0 aliphatic carbocycles. The molecule has 3 N–H and O–H groups in total. The first-order chi connectivity index (χ1) is 15.5. The monoisotopic (exact) mass is 451 g/mol. The van der Waals surface area contributed by atoms with Crippen molar-refractivity contribution in [2.75, 3.05) is 30.2 Å². The van der Waals surface area contributed by atoms with E-state index >= 15 is 0 Å². The molecule has 0 saturated carbocycles. The third-order valence-corrected chi connectivity index (χ3v) is 5.60. The second-order valence-corrected chi connectivity index (χ2v) is 8.20. The highest BCUT2D eigenvalue weighted by Crippen LogP contribution is 2.31. The Balaban J connectivity index is 1.55. The Morgan fingerprint density at radius 3 is 2.09 bits per heavy atom. The van der Waals surface area contributed by atoms with Gasteiger partial charge in [-0.05, 0) is 55.5 Å². The number of nitrogens with one attached hydrogen (secondary N) is 3. The van der Waals surface area contributed by atoms with E-state index in [0.29, 0.717) is 28.6 Å². The molecule has 0 spiro atoms. The maximum atomic E-state index is 12.7. The number of benzene rings is 3. The fourth-order valence-electron chi connectivity index (χ4n) is 2.84. The number of ether oxygens (including phenoxy) is 2. The molecule has 1 unspecified atom stereocenters. The predicted octanol–water partition coefficient (Wildman–Crippen LogP) is 5.47. The topological polar surface area (TPSA) is 88.7 Å². The SMILES string of the molecule is COc1ccc(OC)c(NC(=O)C(C)Sc2ccc(NC(=O)Nc3ccccc3)cc2)c1. The Labute approximate surface area is 191 Å². The van der Waals surface area contributed by atoms with Gasteiger partial charge in [-0.25, -0.2) is 4.79 Å². The molecule has 7 nitrogen and oxygen atoms in total. The summed E-state index contributed by atoms with van der Waals surface area (Å²) in [5, 5.41) is 8.08. The molecule has 0 saturated heterocycles. The summed E-state index contributed by atoms with van der Waals surface area (Å²) in [7, 11) is 3.11. The van der Waals surface area contributed by atoms with Crippen molar-refractivity contribution in [1.29, 1.82) is 0 Å². The molecule has 3 rings (SSSR count). The number of para-hydroxylation sites is 1. The van der Waals surface area contributed by atoms with Crippen LogP contribution in [0.1, 0.15) is 6.92 Å². The van der Waals surface area contributed by atoms with Gasteiger partial charge in [0.1, 0.15) is 11.5 Å². The fourth-order valence-corrected chi connectivity index (χ4v) is 3.70. The Kier molecular flexibility index (Phi) is 7.99. The molecule has 0 fully saturated rings. The second kappa shape index (κ2) is 11.1. The third kappa shape index (κ3) is 6.42. The van der Waals surface area contributed by atoms with Crippen molar-refractivity contribution < 1.29 is 19.1 Å². The summed E-state index contributed by atoms with van der Waals surface area (Å²) in [6, 6.07) is 21.4. The van der Waals surface area contributed by atoms with E-state index < -0.39 is 0 Å². The normalized spacial score (nSPS) is 11.2. The maximum absolute atomic E-state index is 12.7. The van der Waals surface area contributed by atoms with E-state index in [9.17, 15) is 9.59 Å². The molecule has 0 aliphatic rings. The number of methoxy groups -OCH3 is 2. The molecular weight excluding hydrogens is 426 g/mol. The second-order valence-electron chi connectivity index (χ2n) is 6.79. The van der Waals surface area contributed by atoms with Crippen molar-refractivity contribution in [1.82, 2.24) is 0 Å². The van der Waals surface area contributed by atoms with Gasteiger partial charge in [-0.2, -0.15) is 0 Å². The lowest BCUT2D eigenvalue weighted by atomic mass is 10.2. The van der Waals surface area contributed by atoms with Crippen LogP contribution >= 0.6 is 11.8 Å². The van der Waals surface area contributed by atoms with Crippen LogP contribution in [0.4, 0.5) is 21.9 Å². The van der Waals surface area contributed by atoms with Crippen molar-refractivity contribution in [3.63, 3.8) is 0 Å². The van der Waals surface area contributed by atoms with E-state index in [1.165, 1.54) is 11.8 Å². The van der Waals surface area contributed by atoms with Crippen molar-refractivity contribution in [3.8, 4) is 11.5 Å². The van der Waals surface area contributed by atoms with Crippen molar-refractivity contribution in [2.45, 2.75) is 17.1 Å². The van der Waals surface area contributed by atoms with Gasteiger partial charge in [0.05, 0.1) is 25.2 Å². The van der Waals surface area contributed by atoms with Crippen LogP contribution in [-0.4, -0.2) is 31.4 Å². The minimum atomic E-state index is -0.355. The molecule has 3 aromatic rings. The molecule has 0 bridgehead atoms. The van der Waals surface area contributed by atoms with Gasteiger partial charge in [-0.15, -0.1) is 11.8 Å². The lowest BCUT2D eigenvalue weighted by Crippen LogP contribution is -2.22. The molecule has 0 radical (unpaired) electrons. The van der Waals surface area contributed by atoms with Crippen LogP contribution in [0.15, 0.2) is 77.7 Å². The first-order valence-electron chi connectivity index (χ1n) is 9.91. The van der Waals surface area contributed by atoms with Crippen molar-refractivity contribution in [3.05, 3.63) is 72.8 Å². The van der Waals surface area contributed by atoms with Crippen LogP contribution in [0.2, 0.25) is 0 Å². The predicted molar refractivity (Wildman–Crippen MR) is 129 cm³/mol. The molecule has 8 heteroatoms. The highest BCUT2D eigenvalue weighted by Gasteiger charge is 2.17. The van der Waals surface area contributed by atoms with E-state index in [0.717, 1.165) is 4.90 Å². The van der Waals surface area contributed by atoms with E-state index in [4.69, 9.17) is 9.47 Å². The number of thioether (sulfide) groups is 1. The molecule has 3 amide bonds. The summed E-state index contributed by atoms with van der Waals surface area (Å²) < 4.78 is 10.5. The molecule has 0 aromatic heterocycles. The smallest absolute Gasteiger partial charge is 0.323 e. The summed E-state index contributed by atoms with van der Waals surface area (Å²) in [5.74, 6) is 1.02. The molecule has 3 aromatic carbocycles. The largest absolute Gasteiger partial charge is 0.497 e. The zero-order chi connectivity index (χ0) is 22.9. The summed E-state index contributed by atoms with van der Waals surface area (Å²) in [5.41, 5.74) is 1.92. The average molecular weight is 452 g/mol. The zero-order valence-corrected chi connectivity index (χ0v) is 18.9. The number of anilines is 3. The van der Waals surface area contributed by atoms with Crippen LogP contribution < -0.4 is 25.4 Å². The molecule has 166 valence electrons. The van der Waals surface area contributed by atoms with E-state index in [1.807, 2.05) is 49.4 Å². The summed E-state index contributed by atoms with van der Waals surface area (Å²) in [6.45, 7) is 1.83. The minimum Gasteiger partial charge on any atom is -0.497 e. The van der Waals surface area contributed by atoms with Gasteiger partial charge in [-0.3, -0.25) is 4.79 Å². The first kappa shape index (κ1) is 23.0. The van der Waals surface area contributed by atoms with Gasteiger partial charge in [0.15, 0.2) is 0 Å². The van der Waals surface area contributed by atoms with E-state index in [1.54, 1.807) is 44.6 Å². The van der Waals surface area contributed by atoms with Gasteiger partial charge in [0, 0.05) is 22.3 Å². The lowest BCUT2D eigenvalue weighted by molar-refractivity contribution is -0.115. The van der Waals surface area contributed by atoms with Crippen molar-refractivity contribution in [2.24, 2.45) is 0 Å². The highest BCUT2D eigenvalue weighted by atomic mass is 32.2. The molecule has 0 aliphatic heterocycles. The summed E-state index contributed by atoms with van der Waals surface area (Å²) in [6.07, 6.45) is 0. The standard InChI is InChI=1S/C24H25N3O4S/c1-16(23(28)27-21-15-19(30-2)11-14-22(21)31-3)32-20-12-9-18(10-13-20)26-24(29)25-17-7-5-4-6-8-17/h4-16H,1-3H3,(H,27,28)(H2,25,26,29). The quantitative estimate of drug-likeness (QED) is 0.396. The maximum Gasteiger partial charge on any atom is 0.323 e. The number of hydrogen-bond acceptors (Lipinski definition) is 5. The van der Waals surface area contributed by atoms with Crippen LogP contribution in [-0.2, 0) is 4.79 Å². The first-order valence-corrected chi connectivity index (χ1v) is 10.8.